The van der Waals surface area contributed by atoms with Crippen molar-refractivity contribution >= 4 is 12.6 Å². The summed E-state index contributed by atoms with van der Waals surface area (Å²) in [6.45, 7) is 0. The summed E-state index contributed by atoms with van der Waals surface area (Å²) >= 11 is 4.37. The average Bonchev–Trinajstić information content (AvgIpc) is 3.19. The van der Waals surface area contributed by atoms with Crippen LogP contribution in [0, 0.1) is 0 Å². The van der Waals surface area contributed by atoms with E-state index in [0.717, 1.165) is 21.8 Å². The van der Waals surface area contributed by atoms with Gasteiger partial charge < -0.3 is 9.47 Å². The fourth-order valence-corrected chi connectivity index (χ4v) is 2.08. The third kappa shape index (κ3) is 2.12. The van der Waals surface area contributed by atoms with Crippen LogP contribution in [0.4, 0.5) is 0 Å². The number of hydrogen-bond donors (Lipinski definition) is 1. The van der Waals surface area contributed by atoms with Gasteiger partial charge in [0.1, 0.15) is 11.8 Å². The molecule has 2 unspecified atom stereocenters. The van der Waals surface area contributed by atoms with Crippen LogP contribution in [0.2, 0.25) is 0 Å². The molecule has 4 nitrogen and oxygen atoms in total. The Labute approximate surface area is 110 Å². The number of epoxide rings is 1. The fraction of sp³-hybridized carbons (Fsp3) is 0.231. The van der Waals surface area contributed by atoms with Crippen molar-refractivity contribution in [2.75, 3.05) is 7.11 Å². The van der Waals surface area contributed by atoms with E-state index in [1.54, 1.807) is 19.5 Å². The molecule has 18 heavy (non-hydrogen) atoms. The first kappa shape index (κ1) is 11.6. The highest BCUT2D eigenvalue weighted by atomic mass is 32.1. The van der Waals surface area contributed by atoms with Gasteiger partial charge in [0, 0.05) is 30.0 Å². The zero-order chi connectivity index (χ0) is 12.5. The lowest BCUT2D eigenvalue weighted by molar-refractivity contribution is 0.0950. The van der Waals surface area contributed by atoms with Gasteiger partial charge >= 0.3 is 0 Å². The first-order valence-electron chi connectivity index (χ1n) is 5.58. The van der Waals surface area contributed by atoms with Gasteiger partial charge in [-0.2, -0.15) is 0 Å². The standard InChI is InChI=1S/C13H12N2O2S/c1-16-13-12(17-13)8-4-5-9(15-7-8)11-10(18)3-2-6-14-11/h2-7,12-13,18H,1H3. The second kappa shape index (κ2) is 4.68. The number of nitrogens with zero attached hydrogens (tertiary/aromatic N) is 2. The van der Waals surface area contributed by atoms with Crippen molar-refractivity contribution in [1.29, 1.82) is 0 Å². The highest BCUT2D eigenvalue weighted by Gasteiger charge is 2.40. The molecule has 1 saturated heterocycles. The number of ether oxygens (including phenoxy) is 2. The SMILES string of the molecule is COC1OC1c1ccc(-c2ncccc2S)nc1. The largest absolute Gasteiger partial charge is 0.353 e. The van der Waals surface area contributed by atoms with Gasteiger partial charge in [-0.1, -0.05) is 6.07 Å². The van der Waals surface area contributed by atoms with E-state index in [1.807, 2.05) is 24.3 Å². The van der Waals surface area contributed by atoms with Crippen LogP contribution >= 0.6 is 12.6 Å². The molecule has 1 aliphatic rings. The average molecular weight is 260 g/mol. The van der Waals surface area contributed by atoms with E-state index in [2.05, 4.69) is 22.6 Å². The quantitative estimate of drug-likeness (QED) is 0.680. The second-order valence-electron chi connectivity index (χ2n) is 4.01. The summed E-state index contributed by atoms with van der Waals surface area (Å²) in [4.78, 5) is 9.48. The van der Waals surface area contributed by atoms with Crippen molar-refractivity contribution in [2.45, 2.75) is 17.3 Å². The van der Waals surface area contributed by atoms with Gasteiger partial charge in [0.2, 0.25) is 0 Å². The number of pyridine rings is 2. The summed E-state index contributed by atoms with van der Waals surface area (Å²) in [6, 6.07) is 7.65. The van der Waals surface area contributed by atoms with Gasteiger partial charge in [0.05, 0.1) is 5.69 Å². The maximum Gasteiger partial charge on any atom is 0.188 e. The molecule has 0 bridgehead atoms. The van der Waals surface area contributed by atoms with Gasteiger partial charge in [-0.15, -0.1) is 12.6 Å². The Balaban J connectivity index is 1.86. The molecule has 0 N–H and O–H groups in total. The molecule has 92 valence electrons. The molecular formula is C13H12N2O2S. The summed E-state index contributed by atoms with van der Waals surface area (Å²) in [5.41, 5.74) is 2.61. The van der Waals surface area contributed by atoms with Crippen LogP contribution in [0.25, 0.3) is 11.4 Å². The van der Waals surface area contributed by atoms with E-state index in [0.29, 0.717) is 0 Å². The summed E-state index contributed by atoms with van der Waals surface area (Å²) in [6.07, 6.45) is 3.40. The molecule has 0 amide bonds. The number of hydrogen-bond acceptors (Lipinski definition) is 5. The van der Waals surface area contributed by atoms with Crippen LogP contribution in [0.3, 0.4) is 0 Å². The van der Waals surface area contributed by atoms with Crippen molar-refractivity contribution in [3.8, 4) is 11.4 Å². The van der Waals surface area contributed by atoms with Crippen LogP contribution in [-0.2, 0) is 9.47 Å². The van der Waals surface area contributed by atoms with Gasteiger partial charge in [0.25, 0.3) is 0 Å². The van der Waals surface area contributed by atoms with E-state index in [1.165, 1.54) is 0 Å². The molecule has 5 heteroatoms. The lowest BCUT2D eigenvalue weighted by atomic mass is 10.1. The van der Waals surface area contributed by atoms with Crippen molar-refractivity contribution in [3.05, 3.63) is 42.2 Å². The molecular weight excluding hydrogens is 248 g/mol. The molecule has 1 fully saturated rings. The molecule has 2 aromatic rings. The van der Waals surface area contributed by atoms with E-state index in [4.69, 9.17) is 9.47 Å². The van der Waals surface area contributed by atoms with Crippen LogP contribution < -0.4 is 0 Å². The van der Waals surface area contributed by atoms with Gasteiger partial charge in [-0.05, 0) is 18.2 Å². The van der Waals surface area contributed by atoms with Crippen molar-refractivity contribution < 1.29 is 9.47 Å². The van der Waals surface area contributed by atoms with E-state index >= 15 is 0 Å². The summed E-state index contributed by atoms with van der Waals surface area (Å²) in [5.74, 6) is 0. The Kier molecular flexibility index (Phi) is 3.03. The lowest BCUT2D eigenvalue weighted by Crippen LogP contribution is -1.93. The molecule has 3 heterocycles. The Morgan fingerprint density at radius 3 is 2.78 bits per heavy atom. The van der Waals surface area contributed by atoms with Gasteiger partial charge in [-0.3, -0.25) is 9.97 Å². The van der Waals surface area contributed by atoms with Crippen LogP contribution in [0.5, 0.6) is 0 Å². The highest BCUT2D eigenvalue weighted by Crippen LogP contribution is 2.38. The van der Waals surface area contributed by atoms with Gasteiger partial charge in [0.15, 0.2) is 6.29 Å². The lowest BCUT2D eigenvalue weighted by Gasteiger charge is -2.03. The number of thiol groups is 1. The van der Waals surface area contributed by atoms with E-state index < -0.39 is 0 Å². The Morgan fingerprint density at radius 2 is 2.17 bits per heavy atom. The zero-order valence-corrected chi connectivity index (χ0v) is 10.7. The first-order valence-corrected chi connectivity index (χ1v) is 6.03. The van der Waals surface area contributed by atoms with Crippen molar-refractivity contribution in [1.82, 2.24) is 9.97 Å². The fourth-order valence-electron chi connectivity index (χ4n) is 1.82. The molecule has 0 spiro atoms. The molecule has 0 aliphatic carbocycles. The predicted octanol–water partition coefficient (Wildman–Crippen LogP) is 2.48. The highest BCUT2D eigenvalue weighted by molar-refractivity contribution is 7.80. The van der Waals surface area contributed by atoms with E-state index in [-0.39, 0.29) is 12.4 Å². The molecule has 0 saturated carbocycles. The van der Waals surface area contributed by atoms with Crippen molar-refractivity contribution in [2.24, 2.45) is 0 Å². The smallest absolute Gasteiger partial charge is 0.188 e. The Morgan fingerprint density at radius 1 is 1.28 bits per heavy atom. The maximum atomic E-state index is 5.33. The number of methoxy groups -OCH3 is 1. The van der Waals surface area contributed by atoms with Crippen molar-refractivity contribution in [3.63, 3.8) is 0 Å². The third-order valence-corrected chi connectivity index (χ3v) is 3.19. The molecule has 2 atom stereocenters. The minimum Gasteiger partial charge on any atom is -0.353 e. The topological polar surface area (TPSA) is 47.5 Å². The minimum absolute atomic E-state index is 0.00996. The normalized spacial score (nSPS) is 21.9. The van der Waals surface area contributed by atoms with Crippen LogP contribution in [-0.4, -0.2) is 23.4 Å². The molecule has 0 radical (unpaired) electrons. The van der Waals surface area contributed by atoms with Gasteiger partial charge in [-0.25, -0.2) is 0 Å². The van der Waals surface area contributed by atoms with Crippen LogP contribution in [0.1, 0.15) is 11.7 Å². The van der Waals surface area contributed by atoms with Crippen LogP contribution in [0.15, 0.2) is 41.6 Å². The summed E-state index contributed by atoms with van der Waals surface area (Å²) in [7, 11) is 1.63. The zero-order valence-electron chi connectivity index (χ0n) is 9.78. The second-order valence-corrected chi connectivity index (χ2v) is 4.49. The molecule has 2 aromatic heterocycles. The molecule has 0 aromatic carbocycles. The molecule has 3 rings (SSSR count). The first-order chi connectivity index (χ1) is 8.79. The Bertz CT molecular complexity index is 559. The maximum absolute atomic E-state index is 5.33. The number of aromatic nitrogens is 2. The molecule has 1 aliphatic heterocycles. The number of rotatable bonds is 3. The predicted molar refractivity (Wildman–Crippen MR) is 69.3 cm³/mol. The summed E-state index contributed by atoms with van der Waals surface area (Å²) < 4.78 is 10.4. The Hall–Kier alpha value is -1.43. The van der Waals surface area contributed by atoms with E-state index in [9.17, 15) is 0 Å². The third-order valence-electron chi connectivity index (χ3n) is 2.83. The minimum atomic E-state index is -0.132. The summed E-state index contributed by atoms with van der Waals surface area (Å²) in [5, 5.41) is 0. The monoisotopic (exact) mass is 260 g/mol.